The second-order valence-corrected chi connectivity index (χ2v) is 3.22. The van der Waals surface area contributed by atoms with Crippen molar-refractivity contribution in [3.8, 4) is 0 Å². The number of hydrogen-bond acceptors (Lipinski definition) is 0. The average Bonchev–Trinajstić information content (AvgIpc) is 2.47. The van der Waals surface area contributed by atoms with E-state index in [-0.39, 0.29) is 0 Å². The Kier molecular flexibility index (Phi) is 1.86. The largest absolute Gasteiger partial charge is 0.361 e. The number of aromatic amines is 1. The lowest BCUT2D eigenvalue weighted by Gasteiger charge is -1.97. The molecule has 1 aromatic rings. The normalized spacial score (nSPS) is 16.2. The summed E-state index contributed by atoms with van der Waals surface area (Å²) in [6, 6.07) is 2.15. The van der Waals surface area contributed by atoms with E-state index in [1.54, 1.807) is 0 Å². The number of nitrogens with one attached hydrogen (secondary N) is 1. The molecule has 0 unspecified atom stereocenters. The van der Waals surface area contributed by atoms with Gasteiger partial charge in [0.25, 0.3) is 0 Å². The van der Waals surface area contributed by atoms with E-state index in [0.29, 0.717) is 0 Å². The molecule has 12 heavy (non-hydrogen) atoms. The molecule has 0 saturated heterocycles. The molecule has 1 heterocycles. The summed E-state index contributed by atoms with van der Waals surface area (Å²) in [5, 5.41) is 2.61. The molecule has 0 bridgehead atoms. The summed E-state index contributed by atoms with van der Waals surface area (Å²) in [5.41, 5.74) is 1.48. The van der Waals surface area contributed by atoms with Gasteiger partial charge in [0.2, 0.25) is 0 Å². The molecule has 1 aliphatic carbocycles. The monoisotopic (exact) mass is 159 g/mol. The molecule has 0 amide bonds. The second-order valence-electron chi connectivity index (χ2n) is 3.22. The van der Waals surface area contributed by atoms with Crippen molar-refractivity contribution in [1.29, 1.82) is 0 Å². The topological polar surface area (TPSA) is 15.8 Å². The SMILES string of the molecule is CC1=c2cc[nH]c2=CC=CCC1. The molecule has 0 aliphatic heterocycles. The molecule has 0 aromatic carbocycles. The predicted octanol–water partition coefficient (Wildman–Crippen LogP) is 1.32. The third-order valence-corrected chi connectivity index (χ3v) is 2.32. The van der Waals surface area contributed by atoms with Gasteiger partial charge in [-0.25, -0.2) is 0 Å². The van der Waals surface area contributed by atoms with Gasteiger partial charge in [0.15, 0.2) is 0 Å². The lowest BCUT2D eigenvalue weighted by atomic mass is 10.1. The summed E-state index contributed by atoms with van der Waals surface area (Å²) in [4.78, 5) is 3.23. The van der Waals surface area contributed by atoms with Gasteiger partial charge in [-0.3, -0.25) is 0 Å². The molecule has 62 valence electrons. The third kappa shape index (κ3) is 1.22. The Morgan fingerprint density at radius 2 is 2.33 bits per heavy atom. The molecule has 1 N–H and O–H groups in total. The molecular weight excluding hydrogens is 146 g/mol. The Labute approximate surface area is 72.1 Å². The van der Waals surface area contributed by atoms with E-state index in [1.807, 2.05) is 6.20 Å². The van der Waals surface area contributed by atoms with Gasteiger partial charge >= 0.3 is 0 Å². The van der Waals surface area contributed by atoms with Crippen LogP contribution in [0.1, 0.15) is 19.8 Å². The zero-order valence-electron chi connectivity index (χ0n) is 7.30. The van der Waals surface area contributed by atoms with Gasteiger partial charge < -0.3 is 4.98 Å². The average molecular weight is 159 g/mol. The van der Waals surface area contributed by atoms with Crippen LogP contribution in [-0.4, -0.2) is 4.98 Å². The van der Waals surface area contributed by atoms with Crippen LogP contribution in [0.2, 0.25) is 0 Å². The number of rotatable bonds is 0. The van der Waals surface area contributed by atoms with E-state index < -0.39 is 0 Å². The number of fused-ring (bicyclic) bond motifs is 1. The molecule has 1 aliphatic rings. The van der Waals surface area contributed by atoms with Crippen LogP contribution in [0.5, 0.6) is 0 Å². The highest BCUT2D eigenvalue weighted by Gasteiger charge is 1.94. The van der Waals surface area contributed by atoms with Crippen LogP contribution in [0, 0.1) is 0 Å². The van der Waals surface area contributed by atoms with E-state index in [1.165, 1.54) is 22.6 Å². The van der Waals surface area contributed by atoms with E-state index in [0.717, 1.165) is 6.42 Å². The summed E-state index contributed by atoms with van der Waals surface area (Å²) >= 11 is 0. The van der Waals surface area contributed by atoms with Crippen LogP contribution in [-0.2, 0) is 0 Å². The minimum atomic E-state index is 1.16. The van der Waals surface area contributed by atoms with Crippen LogP contribution >= 0.6 is 0 Å². The Balaban J connectivity index is 2.77. The molecular formula is C11H13N. The maximum Gasteiger partial charge on any atom is 0.0453 e. The van der Waals surface area contributed by atoms with Crippen molar-refractivity contribution < 1.29 is 0 Å². The molecule has 1 nitrogen and oxygen atoms in total. The first-order valence-electron chi connectivity index (χ1n) is 4.38. The Morgan fingerprint density at radius 1 is 1.42 bits per heavy atom. The summed E-state index contributed by atoms with van der Waals surface area (Å²) < 4.78 is 0. The Hall–Kier alpha value is -1.24. The van der Waals surface area contributed by atoms with Crippen molar-refractivity contribution in [2.75, 3.05) is 0 Å². The smallest absolute Gasteiger partial charge is 0.0453 e. The number of allylic oxidation sites excluding steroid dienone is 2. The van der Waals surface area contributed by atoms with Gasteiger partial charge in [0.1, 0.15) is 0 Å². The van der Waals surface area contributed by atoms with Gasteiger partial charge in [-0.15, -0.1) is 0 Å². The maximum atomic E-state index is 3.23. The van der Waals surface area contributed by atoms with Crippen LogP contribution in [0.4, 0.5) is 0 Å². The van der Waals surface area contributed by atoms with Gasteiger partial charge in [0, 0.05) is 11.5 Å². The van der Waals surface area contributed by atoms with Crippen LogP contribution in [0.25, 0.3) is 11.6 Å². The number of H-pyrrole nitrogens is 1. The molecule has 0 fully saturated rings. The minimum absolute atomic E-state index is 1.16. The standard InChI is InChI=1S/C11H13N/c1-9-5-3-2-4-6-11-10(9)7-8-12-11/h2,4,6-8,12H,3,5H2,1H3. The molecule has 0 spiro atoms. The summed E-state index contributed by atoms with van der Waals surface area (Å²) in [6.45, 7) is 2.21. The predicted molar refractivity (Wildman–Crippen MR) is 52.0 cm³/mol. The van der Waals surface area contributed by atoms with Crippen molar-refractivity contribution >= 4 is 11.6 Å². The highest BCUT2D eigenvalue weighted by Crippen LogP contribution is 2.04. The molecule has 2 rings (SSSR count). The fourth-order valence-electron chi connectivity index (χ4n) is 1.59. The summed E-state index contributed by atoms with van der Waals surface area (Å²) in [5.74, 6) is 0. The van der Waals surface area contributed by atoms with Gasteiger partial charge in [-0.2, -0.15) is 0 Å². The summed E-state index contributed by atoms with van der Waals surface area (Å²) in [6.07, 6.45) is 10.8. The van der Waals surface area contributed by atoms with Crippen LogP contribution in [0.15, 0.2) is 24.4 Å². The first kappa shape index (κ1) is 7.41. The van der Waals surface area contributed by atoms with E-state index in [2.05, 4.69) is 36.2 Å². The van der Waals surface area contributed by atoms with E-state index in [4.69, 9.17) is 0 Å². The minimum Gasteiger partial charge on any atom is -0.361 e. The lowest BCUT2D eigenvalue weighted by molar-refractivity contribution is 1.05. The Morgan fingerprint density at radius 3 is 3.25 bits per heavy atom. The number of hydrogen-bond donors (Lipinski definition) is 1. The third-order valence-electron chi connectivity index (χ3n) is 2.32. The van der Waals surface area contributed by atoms with Crippen molar-refractivity contribution in [3.05, 3.63) is 35.0 Å². The highest BCUT2D eigenvalue weighted by atomic mass is 14.6. The van der Waals surface area contributed by atoms with Crippen LogP contribution < -0.4 is 10.6 Å². The quantitative estimate of drug-likeness (QED) is 0.587. The fraction of sp³-hybridized carbons (Fsp3) is 0.273. The molecule has 1 aromatic heterocycles. The first-order chi connectivity index (χ1) is 5.88. The van der Waals surface area contributed by atoms with E-state index in [9.17, 15) is 0 Å². The van der Waals surface area contributed by atoms with Gasteiger partial charge in [-0.1, -0.05) is 17.7 Å². The number of aromatic nitrogens is 1. The van der Waals surface area contributed by atoms with Gasteiger partial charge in [-0.05, 0) is 37.1 Å². The zero-order chi connectivity index (χ0) is 8.39. The molecule has 0 radical (unpaired) electrons. The van der Waals surface area contributed by atoms with E-state index >= 15 is 0 Å². The van der Waals surface area contributed by atoms with Crippen LogP contribution in [0.3, 0.4) is 0 Å². The summed E-state index contributed by atoms with van der Waals surface area (Å²) in [7, 11) is 0. The van der Waals surface area contributed by atoms with Crippen molar-refractivity contribution in [3.63, 3.8) is 0 Å². The van der Waals surface area contributed by atoms with Crippen molar-refractivity contribution in [2.24, 2.45) is 0 Å². The molecule has 0 saturated carbocycles. The highest BCUT2D eigenvalue weighted by molar-refractivity contribution is 5.47. The Bertz CT molecular complexity index is 406. The lowest BCUT2D eigenvalue weighted by Crippen LogP contribution is -2.24. The fourth-order valence-corrected chi connectivity index (χ4v) is 1.59. The maximum absolute atomic E-state index is 3.23. The second kappa shape index (κ2) is 3.02. The zero-order valence-corrected chi connectivity index (χ0v) is 7.30. The molecule has 0 atom stereocenters. The molecule has 1 heteroatoms. The van der Waals surface area contributed by atoms with Crippen molar-refractivity contribution in [1.82, 2.24) is 4.98 Å². The van der Waals surface area contributed by atoms with Crippen molar-refractivity contribution in [2.45, 2.75) is 19.8 Å². The van der Waals surface area contributed by atoms with Gasteiger partial charge in [0.05, 0.1) is 0 Å². The first-order valence-corrected chi connectivity index (χ1v) is 4.38.